The van der Waals surface area contributed by atoms with Crippen LogP contribution in [-0.4, -0.2) is 16.1 Å². The van der Waals surface area contributed by atoms with Gasteiger partial charge in [0.2, 0.25) is 5.56 Å². The van der Waals surface area contributed by atoms with Crippen molar-refractivity contribution in [3.63, 3.8) is 0 Å². The first-order chi connectivity index (χ1) is 10.5. The molecule has 0 aliphatic carbocycles. The molecule has 0 saturated heterocycles. The average Bonchev–Trinajstić information content (AvgIpc) is 2.48. The van der Waals surface area contributed by atoms with E-state index >= 15 is 0 Å². The molecule has 1 heterocycles. The molecule has 0 unspecified atom stereocenters. The summed E-state index contributed by atoms with van der Waals surface area (Å²) in [5.74, 6) is -0.962. The molecular formula is C17H14N2O3. The van der Waals surface area contributed by atoms with E-state index in [1.807, 2.05) is 25.1 Å². The molecule has 5 nitrogen and oxygen atoms in total. The summed E-state index contributed by atoms with van der Waals surface area (Å²) in [6.07, 6.45) is 0. The lowest BCUT2D eigenvalue weighted by Gasteiger charge is -2.09. The Kier molecular flexibility index (Phi) is 3.39. The van der Waals surface area contributed by atoms with Gasteiger partial charge < -0.3 is 15.4 Å². The summed E-state index contributed by atoms with van der Waals surface area (Å²) in [5.41, 5.74) is 3.29. The highest BCUT2D eigenvalue weighted by Crippen LogP contribution is 2.23. The fraction of sp³-hybridized carbons (Fsp3) is 0.0588. The van der Waals surface area contributed by atoms with Gasteiger partial charge in [-0.05, 0) is 48.9 Å². The van der Waals surface area contributed by atoms with Crippen molar-refractivity contribution in [1.29, 1.82) is 0 Å². The number of pyridine rings is 1. The summed E-state index contributed by atoms with van der Waals surface area (Å²) < 4.78 is 0. The van der Waals surface area contributed by atoms with E-state index in [2.05, 4.69) is 10.3 Å². The third-order valence-corrected chi connectivity index (χ3v) is 3.45. The number of hydrogen-bond acceptors (Lipinski definition) is 3. The highest BCUT2D eigenvalue weighted by Gasteiger charge is 2.05. The van der Waals surface area contributed by atoms with E-state index in [-0.39, 0.29) is 11.1 Å². The topological polar surface area (TPSA) is 82.2 Å². The highest BCUT2D eigenvalue weighted by atomic mass is 16.4. The number of carboxylic acids is 1. The summed E-state index contributed by atoms with van der Waals surface area (Å²) in [7, 11) is 0. The Balaban J connectivity index is 1.99. The SMILES string of the molecule is Cc1cc(=O)[nH]c2ccc(Nc3cccc(C(=O)O)c3)cc12. The van der Waals surface area contributed by atoms with E-state index in [1.54, 1.807) is 30.3 Å². The molecule has 5 heteroatoms. The van der Waals surface area contributed by atoms with Crippen molar-refractivity contribution in [2.45, 2.75) is 6.92 Å². The van der Waals surface area contributed by atoms with E-state index in [0.717, 1.165) is 22.2 Å². The quantitative estimate of drug-likeness (QED) is 0.692. The highest BCUT2D eigenvalue weighted by molar-refractivity contribution is 5.90. The van der Waals surface area contributed by atoms with Gasteiger partial charge in [-0.15, -0.1) is 0 Å². The molecule has 0 saturated carbocycles. The van der Waals surface area contributed by atoms with Crippen molar-refractivity contribution in [3.8, 4) is 0 Å². The Bertz CT molecular complexity index is 929. The minimum Gasteiger partial charge on any atom is -0.478 e. The monoisotopic (exact) mass is 294 g/mol. The summed E-state index contributed by atoms with van der Waals surface area (Å²) in [6.45, 7) is 1.88. The van der Waals surface area contributed by atoms with Gasteiger partial charge in [0.15, 0.2) is 0 Å². The number of aromatic nitrogens is 1. The summed E-state index contributed by atoms with van der Waals surface area (Å²) in [5, 5.41) is 13.1. The van der Waals surface area contributed by atoms with Crippen LogP contribution in [0, 0.1) is 6.92 Å². The molecule has 3 N–H and O–H groups in total. The number of carboxylic acid groups (broad SMARTS) is 1. The smallest absolute Gasteiger partial charge is 0.335 e. The van der Waals surface area contributed by atoms with Crippen LogP contribution in [-0.2, 0) is 0 Å². The molecule has 1 aromatic heterocycles. The fourth-order valence-corrected chi connectivity index (χ4v) is 2.40. The Morgan fingerprint density at radius 1 is 1.09 bits per heavy atom. The normalized spacial score (nSPS) is 10.6. The van der Waals surface area contributed by atoms with E-state index in [0.29, 0.717) is 5.69 Å². The van der Waals surface area contributed by atoms with Crippen molar-refractivity contribution in [3.05, 3.63) is 70.0 Å². The van der Waals surface area contributed by atoms with Crippen LogP contribution in [0.4, 0.5) is 11.4 Å². The number of anilines is 2. The number of benzene rings is 2. The third-order valence-electron chi connectivity index (χ3n) is 3.45. The number of fused-ring (bicyclic) bond motifs is 1. The van der Waals surface area contributed by atoms with Gasteiger partial charge in [-0.3, -0.25) is 4.79 Å². The maximum Gasteiger partial charge on any atom is 0.335 e. The summed E-state index contributed by atoms with van der Waals surface area (Å²) in [6, 6.07) is 13.8. The third kappa shape index (κ3) is 2.69. The van der Waals surface area contributed by atoms with Crippen LogP contribution < -0.4 is 10.9 Å². The molecule has 3 rings (SSSR count). The first kappa shape index (κ1) is 13.9. The molecule has 0 atom stereocenters. The average molecular weight is 294 g/mol. The second kappa shape index (κ2) is 5.37. The van der Waals surface area contributed by atoms with Gasteiger partial charge in [-0.1, -0.05) is 6.07 Å². The van der Waals surface area contributed by atoms with Crippen LogP contribution >= 0.6 is 0 Å². The zero-order valence-electron chi connectivity index (χ0n) is 11.9. The van der Waals surface area contributed by atoms with Gasteiger partial charge in [0.1, 0.15) is 0 Å². The molecule has 0 amide bonds. The number of hydrogen-bond donors (Lipinski definition) is 3. The van der Waals surface area contributed by atoms with Crippen LogP contribution in [0.15, 0.2) is 53.3 Å². The first-order valence-corrected chi connectivity index (χ1v) is 6.77. The Labute approximate surface area is 126 Å². The van der Waals surface area contributed by atoms with Crippen molar-refractivity contribution < 1.29 is 9.90 Å². The van der Waals surface area contributed by atoms with Crippen LogP contribution in [0.5, 0.6) is 0 Å². The molecule has 0 aliphatic rings. The van der Waals surface area contributed by atoms with Crippen LogP contribution in [0.3, 0.4) is 0 Å². The molecule has 22 heavy (non-hydrogen) atoms. The number of aryl methyl sites for hydroxylation is 1. The van der Waals surface area contributed by atoms with Crippen molar-refractivity contribution in [2.24, 2.45) is 0 Å². The van der Waals surface area contributed by atoms with Gasteiger partial charge >= 0.3 is 5.97 Å². The molecule has 0 bridgehead atoms. The van der Waals surface area contributed by atoms with Gasteiger partial charge in [0.05, 0.1) is 5.56 Å². The van der Waals surface area contributed by atoms with E-state index < -0.39 is 5.97 Å². The van der Waals surface area contributed by atoms with Gasteiger partial charge in [-0.25, -0.2) is 4.79 Å². The lowest BCUT2D eigenvalue weighted by Crippen LogP contribution is -2.05. The number of aromatic carboxylic acids is 1. The minimum atomic E-state index is -0.962. The molecular weight excluding hydrogens is 280 g/mol. The maximum atomic E-state index is 11.5. The second-order valence-corrected chi connectivity index (χ2v) is 5.09. The number of rotatable bonds is 3. The minimum absolute atomic E-state index is 0.125. The molecule has 2 aromatic carbocycles. The standard InChI is InChI=1S/C17H14N2O3/c1-10-7-16(20)19-15-6-5-13(9-14(10)15)18-12-4-2-3-11(8-12)17(21)22/h2-9,18H,1H3,(H,19,20)(H,21,22). The Morgan fingerprint density at radius 3 is 2.64 bits per heavy atom. The zero-order valence-corrected chi connectivity index (χ0v) is 11.9. The van der Waals surface area contributed by atoms with E-state index in [4.69, 9.17) is 5.11 Å². The molecule has 0 fully saturated rings. The Hall–Kier alpha value is -3.08. The summed E-state index contributed by atoms with van der Waals surface area (Å²) >= 11 is 0. The molecule has 110 valence electrons. The van der Waals surface area contributed by atoms with Crippen LogP contribution in [0.2, 0.25) is 0 Å². The number of nitrogens with one attached hydrogen (secondary N) is 2. The van der Waals surface area contributed by atoms with Gasteiger partial charge in [0, 0.05) is 28.3 Å². The van der Waals surface area contributed by atoms with Crippen LogP contribution in [0.25, 0.3) is 10.9 Å². The molecule has 0 radical (unpaired) electrons. The summed E-state index contributed by atoms with van der Waals surface area (Å²) in [4.78, 5) is 25.2. The van der Waals surface area contributed by atoms with Crippen molar-refractivity contribution in [1.82, 2.24) is 4.98 Å². The van der Waals surface area contributed by atoms with E-state index in [1.165, 1.54) is 0 Å². The fourth-order valence-electron chi connectivity index (χ4n) is 2.40. The molecule has 0 aliphatic heterocycles. The van der Waals surface area contributed by atoms with Gasteiger partial charge in [0.25, 0.3) is 0 Å². The van der Waals surface area contributed by atoms with Gasteiger partial charge in [-0.2, -0.15) is 0 Å². The van der Waals surface area contributed by atoms with Crippen molar-refractivity contribution >= 4 is 28.2 Å². The lowest BCUT2D eigenvalue weighted by atomic mass is 10.1. The van der Waals surface area contributed by atoms with E-state index in [9.17, 15) is 9.59 Å². The van der Waals surface area contributed by atoms with Crippen molar-refractivity contribution in [2.75, 3.05) is 5.32 Å². The number of carbonyl (C=O) groups is 1. The first-order valence-electron chi connectivity index (χ1n) is 6.77. The number of aromatic amines is 1. The Morgan fingerprint density at radius 2 is 1.86 bits per heavy atom. The predicted molar refractivity (Wildman–Crippen MR) is 86.0 cm³/mol. The predicted octanol–water partition coefficient (Wildman–Crippen LogP) is 3.28. The van der Waals surface area contributed by atoms with Crippen LogP contribution in [0.1, 0.15) is 15.9 Å². The second-order valence-electron chi connectivity index (χ2n) is 5.09. The molecule has 0 spiro atoms. The zero-order chi connectivity index (χ0) is 15.7. The number of H-pyrrole nitrogens is 1. The maximum absolute atomic E-state index is 11.5. The largest absolute Gasteiger partial charge is 0.478 e. The molecule has 3 aromatic rings. The lowest BCUT2D eigenvalue weighted by molar-refractivity contribution is 0.0697.